The van der Waals surface area contributed by atoms with Gasteiger partial charge in [0.05, 0.1) is 0 Å². The fraction of sp³-hybridized carbons (Fsp3) is 0. The lowest BCUT2D eigenvalue weighted by Crippen LogP contribution is -2.00. The summed E-state index contributed by atoms with van der Waals surface area (Å²) in [5.74, 6) is 1.91. The molecule has 0 aliphatic rings. The number of aromatic nitrogens is 3. The number of nitrogens with zero attached hydrogens (tertiary/aromatic N) is 3. The second-order valence-electron chi connectivity index (χ2n) is 11.9. The second-order valence-corrected chi connectivity index (χ2v) is 12.8. The van der Waals surface area contributed by atoms with E-state index in [0.717, 1.165) is 43.4 Å². The van der Waals surface area contributed by atoms with Crippen molar-refractivity contribution in [2.75, 3.05) is 0 Å². The summed E-state index contributed by atoms with van der Waals surface area (Å²) >= 11 is 3.60. The molecular weight excluding hydrogens is 662 g/mol. The van der Waals surface area contributed by atoms with Gasteiger partial charge in [0.25, 0.3) is 0 Å². The van der Waals surface area contributed by atoms with Crippen molar-refractivity contribution in [2.24, 2.45) is 0 Å². The zero-order valence-corrected chi connectivity index (χ0v) is 28.1. The lowest BCUT2D eigenvalue weighted by molar-refractivity contribution is 1.07. The molecule has 8 aromatic rings. The molecule has 0 atom stereocenters. The van der Waals surface area contributed by atoms with Crippen LogP contribution in [0.4, 0.5) is 0 Å². The van der Waals surface area contributed by atoms with E-state index in [1.807, 2.05) is 18.2 Å². The molecule has 49 heavy (non-hydrogen) atoms. The first kappa shape index (κ1) is 30.4. The molecule has 8 rings (SSSR count). The topological polar surface area (TPSA) is 38.7 Å². The van der Waals surface area contributed by atoms with Crippen LogP contribution in [0, 0.1) is 0 Å². The Morgan fingerprint density at radius 1 is 0.245 bits per heavy atom. The fourth-order valence-electron chi connectivity index (χ4n) is 6.01. The van der Waals surface area contributed by atoms with Crippen LogP contribution in [0.5, 0.6) is 0 Å². The monoisotopic (exact) mass is 691 g/mol. The fourth-order valence-corrected chi connectivity index (χ4v) is 6.41. The SMILES string of the molecule is Brc1cccc(-c2cccc(-c3ccc(-c4nc(-c5ccc(-c6ccccc6)cc5)nc(-c5ccc(-c6ccccc6)cc5)n4)cc3)c2)c1. The molecule has 0 N–H and O–H groups in total. The Hall–Kier alpha value is -5.97. The summed E-state index contributed by atoms with van der Waals surface area (Å²) in [7, 11) is 0. The molecule has 0 aliphatic heterocycles. The third kappa shape index (κ3) is 6.73. The van der Waals surface area contributed by atoms with E-state index in [0.29, 0.717) is 17.5 Å². The van der Waals surface area contributed by atoms with E-state index < -0.39 is 0 Å². The summed E-state index contributed by atoms with van der Waals surface area (Å²) in [6.45, 7) is 0. The van der Waals surface area contributed by atoms with Gasteiger partial charge in [-0.2, -0.15) is 0 Å². The molecule has 0 fully saturated rings. The molecule has 0 bridgehead atoms. The van der Waals surface area contributed by atoms with Crippen molar-refractivity contribution >= 4 is 15.9 Å². The van der Waals surface area contributed by atoms with Gasteiger partial charge in [0.15, 0.2) is 17.5 Å². The van der Waals surface area contributed by atoms with Gasteiger partial charge in [-0.15, -0.1) is 0 Å². The van der Waals surface area contributed by atoms with Crippen molar-refractivity contribution in [3.63, 3.8) is 0 Å². The van der Waals surface area contributed by atoms with Gasteiger partial charge >= 0.3 is 0 Å². The third-order valence-electron chi connectivity index (χ3n) is 8.63. The van der Waals surface area contributed by atoms with Crippen LogP contribution in [-0.4, -0.2) is 15.0 Å². The van der Waals surface area contributed by atoms with Gasteiger partial charge in [0.2, 0.25) is 0 Å². The maximum Gasteiger partial charge on any atom is 0.164 e. The molecule has 4 heteroatoms. The van der Waals surface area contributed by atoms with Crippen molar-refractivity contribution < 1.29 is 0 Å². The Morgan fingerprint density at radius 2 is 0.531 bits per heavy atom. The highest BCUT2D eigenvalue weighted by atomic mass is 79.9. The predicted octanol–water partition coefficient (Wildman–Crippen LogP) is 12.3. The average Bonchev–Trinajstić information content (AvgIpc) is 3.19. The largest absolute Gasteiger partial charge is 0.208 e. The van der Waals surface area contributed by atoms with E-state index in [2.05, 4.69) is 180 Å². The average molecular weight is 693 g/mol. The van der Waals surface area contributed by atoms with Crippen LogP contribution >= 0.6 is 15.9 Å². The predicted molar refractivity (Wildman–Crippen MR) is 206 cm³/mol. The van der Waals surface area contributed by atoms with Crippen molar-refractivity contribution in [3.05, 3.63) is 186 Å². The van der Waals surface area contributed by atoms with E-state index in [1.165, 1.54) is 22.3 Å². The summed E-state index contributed by atoms with van der Waals surface area (Å²) in [5, 5.41) is 0. The zero-order chi connectivity index (χ0) is 33.0. The minimum Gasteiger partial charge on any atom is -0.208 e. The maximum atomic E-state index is 5.00. The molecule has 0 aliphatic carbocycles. The maximum absolute atomic E-state index is 5.00. The van der Waals surface area contributed by atoms with Gasteiger partial charge in [0.1, 0.15) is 0 Å². The Kier molecular flexibility index (Phi) is 8.45. The first-order valence-corrected chi connectivity index (χ1v) is 17.0. The van der Waals surface area contributed by atoms with Crippen LogP contribution in [0.1, 0.15) is 0 Å². The number of hydrogen-bond acceptors (Lipinski definition) is 3. The highest BCUT2D eigenvalue weighted by Gasteiger charge is 2.14. The Balaban J connectivity index is 1.16. The molecule has 3 nitrogen and oxygen atoms in total. The van der Waals surface area contributed by atoms with Gasteiger partial charge < -0.3 is 0 Å². The van der Waals surface area contributed by atoms with Crippen molar-refractivity contribution in [3.8, 4) is 78.7 Å². The summed E-state index contributed by atoms with van der Waals surface area (Å²) < 4.78 is 1.06. The molecule has 0 saturated heterocycles. The van der Waals surface area contributed by atoms with Gasteiger partial charge in [-0.05, 0) is 62.7 Å². The lowest BCUT2D eigenvalue weighted by atomic mass is 9.98. The van der Waals surface area contributed by atoms with E-state index >= 15 is 0 Å². The number of halogens is 1. The Bertz CT molecular complexity index is 2250. The van der Waals surface area contributed by atoms with E-state index in [4.69, 9.17) is 15.0 Å². The van der Waals surface area contributed by atoms with Crippen LogP contribution < -0.4 is 0 Å². The summed E-state index contributed by atoms with van der Waals surface area (Å²) in [4.78, 5) is 15.0. The normalized spacial score (nSPS) is 11.0. The number of rotatable bonds is 7. The molecule has 1 aromatic heterocycles. The summed E-state index contributed by atoms with van der Waals surface area (Å²) in [6, 6.07) is 63.1. The first-order valence-electron chi connectivity index (χ1n) is 16.2. The van der Waals surface area contributed by atoms with Gasteiger partial charge in [0, 0.05) is 21.2 Å². The van der Waals surface area contributed by atoms with Crippen LogP contribution in [0.15, 0.2) is 186 Å². The van der Waals surface area contributed by atoms with Crippen LogP contribution in [0.3, 0.4) is 0 Å². The number of benzene rings is 7. The first-order chi connectivity index (χ1) is 24.2. The molecule has 1 heterocycles. The second kappa shape index (κ2) is 13.6. The molecule has 0 unspecified atom stereocenters. The van der Waals surface area contributed by atoms with E-state index in [9.17, 15) is 0 Å². The van der Waals surface area contributed by atoms with Gasteiger partial charge in [-0.3, -0.25) is 0 Å². The highest BCUT2D eigenvalue weighted by Crippen LogP contribution is 2.31. The molecule has 0 amide bonds. The zero-order valence-electron chi connectivity index (χ0n) is 26.5. The number of hydrogen-bond donors (Lipinski definition) is 0. The molecule has 0 spiro atoms. The summed E-state index contributed by atoms with van der Waals surface area (Å²) in [6.07, 6.45) is 0. The van der Waals surface area contributed by atoms with Crippen LogP contribution in [-0.2, 0) is 0 Å². The molecule has 232 valence electrons. The smallest absolute Gasteiger partial charge is 0.164 e. The van der Waals surface area contributed by atoms with E-state index in [1.54, 1.807) is 0 Å². The lowest BCUT2D eigenvalue weighted by Gasteiger charge is -2.11. The third-order valence-corrected chi connectivity index (χ3v) is 9.13. The van der Waals surface area contributed by atoms with Crippen LogP contribution in [0.2, 0.25) is 0 Å². The van der Waals surface area contributed by atoms with Crippen molar-refractivity contribution in [1.29, 1.82) is 0 Å². The van der Waals surface area contributed by atoms with Crippen LogP contribution in [0.25, 0.3) is 78.7 Å². The summed E-state index contributed by atoms with van der Waals surface area (Å²) in [5.41, 5.74) is 12.1. The molecular formula is C45H30BrN3. The molecule has 0 radical (unpaired) electrons. The minimum absolute atomic E-state index is 0.633. The Labute approximate surface area is 294 Å². The van der Waals surface area contributed by atoms with Gasteiger partial charge in [-0.25, -0.2) is 15.0 Å². The highest BCUT2D eigenvalue weighted by molar-refractivity contribution is 9.10. The molecule has 0 saturated carbocycles. The van der Waals surface area contributed by atoms with E-state index in [-0.39, 0.29) is 0 Å². The molecule has 7 aromatic carbocycles. The Morgan fingerprint density at radius 3 is 0.939 bits per heavy atom. The standard InChI is InChI=1S/C45H30BrN3/c46-42-16-8-15-41(30-42)40-14-7-13-39(29-40)35-21-27-38(28-22-35)45-48-43(36-23-17-33(18-24-36)31-9-3-1-4-10-31)47-44(49-45)37-25-19-34(20-26-37)32-11-5-2-6-12-32/h1-30H. The quantitative estimate of drug-likeness (QED) is 0.167. The minimum atomic E-state index is 0.633. The van der Waals surface area contributed by atoms with Crippen molar-refractivity contribution in [2.45, 2.75) is 0 Å². The van der Waals surface area contributed by atoms with Crippen molar-refractivity contribution in [1.82, 2.24) is 15.0 Å². The van der Waals surface area contributed by atoms with Gasteiger partial charge in [-0.1, -0.05) is 180 Å².